The van der Waals surface area contributed by atoms with E-state index in [0.29, 0.717) is 6.04 Å². The minimum atomic E-state index is -0.238. The zero-order valence-electron chi connectivity index (χ0n) is 15.7. The Morgan fingerprint density at radius 2 is 1.89 bits per heavy atom. The lowest BCUT2D eigenvalue weighted by Crippen LogP contribution is -2.31. The number of nitrogens with zero attached hydrogens (tertiary/aromatic N) is 3. The lowest BCUT2D eigenvalue weighted by atomic mass is 10.1. The molecule has 0 unspecified atom stereocenters. The summed E-state index contributed by atoms with van der Waals surface area (Å²) in [5.74, 6) is -0.238. The molecule has 0 spiro atoms. The monoisotopic (exact) mass is 365 g/mol. The summed E-state index contributed by atoms with van der Waals surface area (Å²) in [5, 5.41) is 4.83. The molecule has 1 atom stereocenters. The lowest BCUT2D eigenvalue weighted by molar-refractivity contribution is 0.156. The minimum absolute atomic E-state index is 0.238. The molecule has 4 rings (SSSR count). The molecule has 0 amide bonds. The number of rotatable bonds is 5. The Balaban J connectivity index is 1.70. The number of hydrogen-bond donors (Lipinski definition) is 0. The number of benzene rings is 2. The topological polar surface area (TPSA) is 30.3 Å². The van der Waals surface area contributed by atoms with Gasteiger partial charge < -0.3 is 4.74 Å². The van der Waals surface area contributed by atoms with E-state index in [9.17, 15) is 4.39 Å². The van der Waals surface area contributed by atoms with Crippen LogP contribution in [0.15, 0.2) is 54.7 Å². The Labute approximate surface area is 159 Å². The van der Waals surface area contributed by atoms with E-state index < -0.39 is 0 Å². The van der Waals surface area contributed by atoms with Gasteiger partial charge in [0.2, 0.25) is 0 Å². The average Bonchev–Trinajstić information content (AvgIpc) is 3.33. The van der Waals surface area contributed by atoms with E-state index in [4.69, 9.17) is 9.84 Å². The zero-order valence-corrected chi connectivity index (χ0v) is 15.7. The van der Waals surface area contributed by atoms with Gasteiger partial charge in [-0.2, -0.15) is 5.10 Å². The summed E-state index contributed by atoms with van der Waals surface area (Å²) in [7, 11) is 2.12. The van der Waals surface area contributed by atoms with Crippen molar-refractivity contribution in [3.63, 3.8) is 0 Å². The molecule has 1 fully saturated rings. The van der Waals surface area contributed by atoms with Crippen LogP contribution in [0.2, 0.25) is 0 Å². The van der Waals surface area contributed by atoms with Gasteiger partial charge in [0.05, 0.1) is 18.0 Å². The van der Waals surface area contributed by atoms with Gasteiger partial charge in [0.25, 0.3) is 0 Å². The summed E-state index contributed by atoms with van der Waals surface area (Å²) in [4.78, 5) is 2.32. The van der Waals surface area contributed by atoms with Crippen LogP contribution in [-0.4, -0.2) is 41.0 Å². The second-order valence-electron chi connectivity index (χ2n) is 7.22. The zero-order chi connectivity index (χ0) is 18.8. The van der Waals surface area contributed by atoms with Crippen LogP contribution in [-0.2, 0) is 11.3 Å². The maximum Gasteiger partial charge on any atom is 0.123 e. The Morgan fingerprint density at radius 3 is 2.56 bits per heavy atom. The SMILES string of the molecule is Cc1ccc(-n2cc(CN(C)[C@H]3CCOC3)c(-c3ccc(F)cc3)n2)cc1. The van der Waals surface area contributed by atoms with E-state index in [2.05, 4.69) is 49.3 Å². The molecular formula is C22H24FN3O. The van der Waals surface area contributed by atoms with Gasteiger partial charge in [0.15, 0.2) is 0 Å². The van der Waals surface area contributed by atoms with Crippen molar-refractivity contribution in [2.75, 3.05) is 20.3 Å². The Morgan fingerprint density at radius 1 is 1.15 bits per heavy atom. The van der Waals surface area contributed by atoms with Crippen LogP contribution in [0.4, 0.5) is 4.39 Å². The number of ether oxygens (including phenoxy) is 1. The first-order valence-electron chi connectivity index (χ1n) is 9.29. The van der Waals surface area contributed by atoms with Crippen LogP contribution >= 0.6 is 0 Å². The molecule has 27 heavy (non-hydrogen) atoms. The smallest absolute Gasteiger partial charge is 0.123 e. The van der Waals surface area contributed by atoms with Gasteiger partial charge in [-0.05, 0) is 56.8 Å². The molecule has 3 aromatic rings. The fourth-order valence-corrected chi connectivity index (χ4v) is 3.47. The van der Waals surface area contributed by atoms with Crippen LogP contribution in [0.5, 0.6) is 0 Å². The first-order chi connectivity index (χ1) is 13.1. The van der Waals surface area contributed by atoms with Crippen LogP contribution < -0.4 is 0 Å². The molecule has 0 aliphatic carbocycles. The second kappa shape index (κ2) is 7.62. The van der Waals surface area contributed by atoms with Crippen molar-refractivity contribution in [1.29, 1.82) is 0 Å². The molecule has 1 saturated heterocycles. The quantitative estimate of drug-likeness (QED) is 0.679. The molecular weight excluding hydrogens is 341 g/mol. The van der Waals surface area contributed by atoms with E-state index in [0.717, 1.165) is 48.7 Å². The molecule has 140 valence electrons. The molecule has 1 aromatic heterocycles. The van der Waals surface area contributed by atoms with Gasteiger partial charge in [-0.3, -0.25) is 4.90 Å². The van der Waals surface area contributed by atoms with Crippen molar-refractivity contribution in [1.82, 2.24) is 14.7 Å². The van der Waals surface area contributed by atoms with Crippen molar-refractivity contribution in [3.05, 3.63) is 71.7 Å². The molecule has 2 aromatic carbocycles. The summed E-state index contributed by atoms with van der Waals surface area (Å²) < 4.78 is 20.8. The summed E-state index contributed by atoms with van der Waals surface area (Å²) >= 11 is 0. The highest BCUT2D eigenvalue weighted by Gasteiger charge is 2.22. The summed E-state index contributed by atoms with van der Waals surface area (Å²) in [6.45, 7) is 4.43. The van der Waals surface area contributed by atoms with Gasteiger partial charge in [-0.15, -0.1) is 0 Å². The van der Waals surface area contributed by atoms with Crippen LogP contribution in [0, 0.1) is 12.7 Å². The summed E-state index contributed by atoms with van der Waals surface area (Å²) in [5.41, 5.74) is 5.17. The lowest BCUT2D eigenvalue weighted by Gasteiger charge is -2.22. The largest absolute Gasteiger partial charge is 0.380 e. The Bertz CT molecular complexity index is 896. The molecule has 0 bridgehead atoms. The highest BCUT2D eigenvalue weighted by Crippen LogP contribution is 2.26. The van der Waals surface area contributed by atoms with E-state index in [1.54, 1.807) is 12.1 Å². The van der Waals surface area contributed by atoms with Crippen molar-refractivity contribution in [2.45, 2.75) is 25.9 Å². The maximum atomic E-state index is 13.4. The summed E-state index contributed by atoms with van der Waals surface area (Å²) in [6, 6.07) is 15.3. The fraction of sp³-hybridized carbons (Fsp3) is 0.318. The van der Waals surface area contributed by atoms with Crippen LogP contribution in [0.25, 0.3) is 16.9 Å². The normalized spacial score (nSPS) is 17.0. The van der Waals surface area contributed by atoms with Gasteiger partial charge in [0, 0.05) is 36.5 Å². The van der Waals surface area contributed by atoms with E-state index in [1.165, 1.54) is 17.7 Å². The highest BCUT2D eigenvalue weighted by molar-refractivity contribution is 5.63. The molecule has 0 N–H and O–H groups in total. The predicted octanol–water partition coefficient (Wildman–Crippen LogP) is 4.21. The molecule has 0 saturated carbocycles. The van der Waals surface area contributed by atoms with Crippen molar-refractivity contribution >= 4 is 0 Å². The first-order valence-corrected chi connectivity index (χ1v) is 9.29. The van der Waals surface area contributed by atoms with E-state index >= 15 is 0 Å². The van der Waals surface area contributed by atoms with Crippen molar-refractivity contribution in [2.24, 2.45) is 0 Å². The number of aryl methyl sites for hydroxylation is 1. The van der Waals surface area contributed by atoms with Crippen LogP contribution in [0.3, 0.4) is 0 Å². The van der Waals surface area contributed by atoms with Gasteiger partial charge in [0.1, 0.15) is 5.82 Å². The molecule has 1 aliphatic rings. The Kier molecular flexibility index (Phi) is 5.05. The standard InChI is InChI=1S/C22H24FN3O/c1-16-3-9-20(10-4-16)26-14-18(13-25(2)21-11-12-27-15-21)22(24-26)17-5-7-19(23)8-6-17/h3-10,14,21H,11-13,15H2,1-2H3/t21-/m0/s1. The third-order valence-corrected chi connectivity index (χ3v) is 5.15. The van der Waals surface area contributed by atoms with Gasteiger partial charge in [-0.1, -0.05) is 17.7 Å². The number of aromatic nitrogens is 2. The van der Waals surface area contributed by atoms with Crippen LogP contribution in [0.1, 0.15) is 17.5 Å². The average molecular weight is 365 g/mol. The van der Waals surface area contributed by atoms with Crippen molar-refractivity contribution < 1.29 is 9.13 Å². The van der Waals surface area contributed by atoms with E-state index in [-0.39, 0.29) is 5.82 Å². The number of halogens is 1. The number of likely N-dealkylation sites (N-methyl/N-ethyl adjacent to an activating group) is 1. The molecule has 5 heteroatoms. The van der Waals surface area contributed by atoms with Gasteiger partial charge in [-0.25, -0.2) is 9.07 Å². The Hall–Kier alpha value is -2.50. The predicted molar refractivity (Wildman–Crippen MR) is 104 cm³/mol. The third-order valence-electron chi connectivity index (χ3n) is 5.15. The molecule has 1 aliphatic heterocycles. The molecule has 0 radical (unpaired) electrons. The van der Waals surface area contributed by atoms with Crippen molar-refractivity contribution in [3.8, 4) is 16.9 Å². The first kappa shape index (κ1) is 17.9. The fourth-order valence-electron chi connectivity index (χ4n) is 3.47. The summed E-state index contributed by atoms with van der Waals surface area (Å²) in [6.07, 6.45) is 3.13. The molecule has 4 nitrogen and oxygen atoms in total. The highest BCUT2D eigenvalue weighted by atomic mass is 19.1. The second-order valence-corrected chi connectivity index (χ2v) is 7.22. The third kappa shape index (κ3) is 3.94. The number of hydrogen-bond acceptors (Lipinski definition) is 3. The minimum Gasteiger partial charge on any atom is -0.380 e. The maximum absolute atomic E-state index is 13.4. The van der Waals surface area contributed by atoms with E-state index in [1.807, 2.05) is 4.68 Å². The molecule has 2 heterocycles. The van der Waals surface area contributed by atoms with Gasteiger partial charge >= 0.3 is 0 Å².